The van der Waals surface area contributed by atoms with Crippen molar-refractivity contribution < 1.29 is 14.7 Å². The Bertz CT molecular complexity index is 1140. The Labute approximate surface area is 161 Å². The first-order valence-corrected chi connectivity index (χ1v) is 9.07. The molecule has 0 aliphatic heterocycles. The third-order valence-corrected chi connectivity index (χ3v) is 4.83. The van der Waals surface area contributed by atoms with E-state index in [0.717, 1.165) is 5.56 Å². The van der Waals surface area contributed by atoms with Gasteiger partial charge in [0.25, 0.3) is 11.9 Å². The molecule has 2 heterocycles. The van der Waals surface area contributed by atoms with Crippen LogP contribution in [0.15, 0.2) is 47.6 Å². The van der Waals surface area contributed by atoms with Gasteiger partial charge < -0.3 is 10.1 Å². The normalized spacial score (nSPS) is 10.9. The van der Waals surface area contributed by atoms with Crippen LogP contribution in [0.1, 0.15) is 26.3 Å². The molecule has 0 bridgehead atoms. The molecule has 0 radical (unpaired) electrons. The number of para-hydroxylation sites is 1. The summed E-state index contributed by atoms with van der Waals surface area (Å²) in [7, 11) is 0. The second-order valence-electron chi connectivity index (χ2n) is 5.72. The molecule has 0 saturated carbocycles. The summed E-state index contributed by atoms with van der Waals surface area (Å²) in [5, 5.41) is 25.4. The summed E-state index contributed by atoms with van der Waals surface area (Å²) < 4.78 is 0. The van der Waals surface area contributed by atoms with Crippen LogP contribution in [0.4, 0.5) is 5.95 Å². The monoisotopic (exact) mass is 395 g/mol. The van der Waals surface area contributed by atoms with Gasteiger partial charge in [-0.05, 0) is 35.0 Å². The Hall–Kier alpha value is -3.73. The molecular weight excluding hydrogens is 382 g/mol. The molecule has 11 heteroatoms. The molecule has 140 valence electrons. The van der Waals surface area contributed by atoms with Crippen molar-refractivity contribution in [2.24, 2.45) is 0 Å². The van der Waals surface area contributed by atoms with Crippen LogP contribution in [-0.4, -0.2) is 47.6 Å². The summed E-state index contributed by atoms with van der Waals surface area (Å²) in [6.07, 6.45) is 0. The lowest BCUT2D eigenvalue weighted by Crippen LogP contribution is -2.13. The van der Waals surface area contributed by atoms with E-state index >= 15 is 0 Å². The number of rotatable bonds is 6. The van der Waals surface area contributed by atoms with Gasteiger partial charge in [0, 0.05) is 11.3 Å². The Kier molecular flexibility index (Phi) is 4.72. The quantitative estimate of drug-likeness (QED) is 0.363. The molecule has 1 amide bonds. The predicted octanol–water partition coefficient (Wildman–Crippen LogP) is 2.32. The smallest absolute Gasteiger partial charge is 0.337 e. The number of fused-ring (bicyclic) bond motifs is 1. The average Bonchev–Trinajstić information content (AvgIpc) is 3.35. The van der Waals surface area contributed by atoms with Gasteiger partial charge in [-0.2, -0.15) is 5.21 Å². The second kappa shape index (κ2) is 7.48. The molecule has 4 N–H and O–H groups in total. The highest BCUT2D eigenvalue weighted by Crippen LogP contribution is 2.25. The maximum absolute atomic E-state index is 12.1. The Balaban J connectivity index is 1.42. The molecule has 2 aromatic carbocycles. The number of hydrogen-bond donors (Lipinski definition) is 4. The molecular formula is C17H13N7O3S. The number of thioether (sulfide) groups is 1. The fraction of sp³-hybridized carbons (Fsp3) is 0.0588. The third kappa shape index (κ3) is 3.69. The Morgan fingerprint density at radius 1 is 1.14 bits per heavy atom. The highest BCUT2D eigenvalue weighted by atomic mass is 32.2. The van der Waals surface area contributed by atoms with Crippen LogP contribution in [0.25, 0.3) is 11.0 Å². The third-order valence-electron chi connectivity index (χ3n) is 3.88. The number of aromatic nitrogens is 6. The zero-order chi connectivity index (χ0) is 19.5. The minimum Gasteiger partial charge on any atom is -0.478 e. The summed E-state index contributed by atoms with van der Waals surface area (Å²) in [6, 6.07) is 12.1. The molecule has 0 aliphatic carbocycles. The molecule has 0 unspecified atom stereocenters. The topological polar surface area (TPSA) is 150 Å². The number of tetrazole rings is 1. The number of H-pyrrole nitrogens is 2. The zero-order valence-corrected chi connectivity index (χ0v) is 15.0. The number of hydrogen-bond acceptors (Lipinski definition) is 7. The molecule has 0 saturated heterocycles. The van der Waals surface area contributed by atoms with E-state index in [1.807, 2.05) is 12.1 Å². The Morgan fingerprint density at radius 3 is 2.68 bits per heavy atom. The van der Waals surface area contributed by atoms with Crippen molar-refractivity contribution in [2.75, 3.05) is 5.32 Å². The van der Waals surface area contributed by atoms with Crippen molar-refractivity contribution in [3.05, 3.63) is 59.2 Å². The van der Waals surface area contributed by atoms with Gasteiger partial charge in [0.05, 0.1) is 11.1 Å². The molecule has 2 aromatic heterocycles. The summed E-state index contributed by atoms with van der Waals surface area (Å²) in [6.45, 7) is 0. The largest absolute Gasteiger partial charge is 0.478 e. The molecule has 0 aliphatic rings. The maximum Gasteiger partial charge on any atom is 0.337 e. The summed E-state index contributed by atoms with van der Waals surface area (Å²) in [5.74, 6) is -0.632. The van der Waals surface area contributed by atoms with Crippen LogP contribution in [0, 0.1) is 0 Å². The van der Waals surface area contributed by atoms with Crippen LogP contribution in [0.2, 0.25) is 0 Å². The van der Waals surface area contributed by atoms with Gasteiger partial charge in [-0.1, -0.05) is 35.1 Å². The number of nitrogens with zero attached hydrogens (tertiary/aromatic N) is 4. The van der Waals surface area contributed by atoms with Crippen LogP contribution >= 0.6 is 11.8 Å². The maximum atomic E-state index is 12.1. The number of imidazole rings is 1. The number of carboxylic acids is 1. The summed E-state index contributed by atoms with van der Waals surface area (Å²) in [5.41, 5.74) is 2.73. The van der Waals surface area contributed by atoms with Gasteiger partial charge in [-0.3, -0.25) is 10.1 Å². The highest BCUT2D eigenvalue weighted by Gasteiger charge is 2.13. The van der Waals surface area contributed by atoms with Crippen molar-refractivity contribution in [1.29, 1.82) is 0 Å². The van der Waals surface area contributed by atoms with Gasteiger partial charge in [-0.25, -0.2) is 9.78 Å². The van der Waals surface area contributed by atoms with Crippen molar-refractivity contribution in [1.82, 2.24) is 30.6 Å². The van der Waals surface area contributed by atoms with E-state index in [-0.39, 0.29) is 17.4 Å². The first-order valence-electron chi connectivity index (χ1n) is 8.09. The number of amides is 1. The minimum absolute atomic E-state index is 0.107. The van der Waals surface area contributed by atoms with Gasteiger partial charge in [0.2, 0.25) is 0 Å². The van der Waals surface area contributed by atoms with Crippen molar-refractivity contribution in [3.63, 3.8) is 0 Å². The molecule has 28 heavy (non-hydrogen) atoms. The summed E-state index contributed by atoms with van der Waals surface area (Å²) in [4.78, 5) is 30.9. The van der Waals surface area contributed by atoms with E-state index in [9.17, 15) is 14.7 Å². The average molecular weight is 395 g/mol. The van der Waals surface area contributed by atoms with E-state index in [1.165, 1.54) is 17.8 Å². The number of carbonyl (C=O) groups is 2. The van der Waals surface area contributed by atoms with Crippen LogP contribution in [0.3, 0.4) is 0 Å². The standard InChI is InChI=1S/C17H13N7O3S/c25-14(20-16-21-23-24-22-16)10-6-4-9(5-7-10)8-28-17-18-12-3-1-2-11(15(26)27)13(12)19-17/h1-7H,8H2,(H,18,19)(H,26,27)(H2,20,21,22,23,24,25). The predicted molar refractivity (Wildman–Crippen MR) is 101 cm³/mol. The molecule has 4 aromatic rings. The van der Waals surface area contributed by atoms with Gasteiger partial charge >= 0.3 is 5.97 Å². The molecule has 0 atom stereocenters. The van der Waals surface area contributed by atoms with Crippen molar-refractivity contribution >= 4 is 40.6 Å². The van der Waals surface area contributed by atoms with Crippen LogP contribution in [-0.2, 0) is 5.75 Å². The van der Waals surface area contributed by atoms with Crippen molar-refractivity contribution in [3.8, 4) is 0 Å². The zero-order valence-electron chi connectivity index (χ0n) is 14.2. The van der Waals surface area contributed by atoms with E-state index < -0.39 is 5.97 Å². The van der Waals surface area contributed by atoms with E-state index in [4.69, 9.17) is 0 Å². The lowest BCUT2D eigenvalue weighted by atomic mass is 10.1. The number of anilines is 1. The molecule has 4 rings (SSSR count). The molecule has 10 nitrogen and oxygen atoms in total. The van der Waals surface area contributed by atoms with Gasteiger partial charge in [-0.15, -0.1) is 5.10 Å². The van der Waals surface area contributed by atoms with Crippen LogP contribution in [0.5, 0.6) is 0 Å². The van der Waals surface area contributed by atoms with E-state index in [0.29, 0.717) is 27.5 Å². The first kappa shape index (κ1) is 17.7. The molecule has 0 fully saturated rings. The molecule has 0 spiro atoms. The number of benzene rings is 2. The number of nitrogens with one attached hydrogen (secondary N) is 3. The lowest BCUT2D eigenvalue weighted by molar-refractivity contribution is 0.0698. The second-order valence-corrected chi connectivity index (χ2v) is 6.69. The number of carbonyl (C=O) groups excluding carboxylic acids is 1. The number of carboxylic acid groups (broad SMARTS) is 1. The van der Waals surface area contributed by atoms with E-state index in [2.05, 4.69) is 35.9 Å². The number of aromatic carboxylic acids is 1. The summed E-state index contributed by atoms with van der Waals surface area (Å²) >= 11 is 1.45. The fourth-order valence-corrected chi connectivity index (χ4v) is 3.38. The Morgan fingerprint density at radius 2 is 1.96 bits per heavy atom. The first-order chi connectivity index (χ1) is 13.6. The fourth-order valence-electron chi connectivity index (χ4n) is 2.54. The van der Waals surface area contributed by atoms with Gasteiger partial charge in [0.1, 0.15) is 5.52 Å². The number of aromatic amines is 2. The van der Waals surface area contributed by atoms with Gasteiger partial charge in [0.15, 0.2) is 5.16 Å². The van der Waals surface area contributed by atoms with Crippen LogP contribution < -0.4 is 5.32 Å². The lowest BCUT2D eigenvalue weighted by Gasteiger charge is -2.03. The highest BCUT2D eigenvalue weighted by molar-refractivity contribution is 7.98. The van der Waals surface area contributed by atoms with E-state index in [1.54, 1.807) is 24.3 Å². The van der Waals surface area contributed by atoms with Crippen molar-refractivity contribution in [2.45, 2.75) is 10.9 Å². The SMILES string of the molecule is O=C(Nc1nn[nH]n1)c1ccc(CSc2nc3c(C(=O)O)cccc3[nH]2)cc1. The minimum atomic E-state index is -1.01.